The van der Waals surface area contributed by atoms with Crippen LogP contribution in [0.3, 0.4) is 0 Å². The molecule has 0 fully saturated rings. The van der Waals surface area contributed by atoms with E-state index in [2.05, 4.69) is 74.5 Å². The molecular formula is C33H30O2. The molecule has 0 spiro atoms. The fourth-order valence-corrected chi connectivity index (χ4v) is 5.31. The summed E-state index contributed by atoms with van der Waals surface area (Å²) in [6, 6.07) is 28.2. The first-order valence-electron chi connectivity index (χ1n) is 12.3. The minimum atomic E-state index is -0.00452. The summed E-state index contributed by atoms with van der Waals surface area (Å²) in [6.45, 7) is 4.58. The molecule has 0 radical (unpaired) electrons. The zero-order valence-corrected chi connectivity index (χ0v) is 20.2. The van der Waals surface area contributed by atoms with Crippen molar-refractivity contribution in [3.8, 4) is 22.6 Å². The van der Waals surface area contributed by atoms with Crippen molar-refractivity contribution in [3.63, 3.8) is 0 Å². The van der Waals surface area contributed by atoms with Gasteiger partial charge in [-0.2, -0.15) is 0 Å². The number of phenols is 2. The Kier molecular flexibility index (Phi) is 6.05. The van der Waals surface area contributed by atoms with Crippen molar-refractivity contribution < 1.29 is 10.2 Å². The van der Waals surface area contributed by atoms with Crippen LogP contribution >= 0.6 is 0 Å². The third kappa shape index (κ3) is 4.28. The van der Waals surface area contributed by atoms with Gasteiger partial charge < -0.3 is 10.2 Å². The van der Waals surface area contributed by atoms with Gasteiger partial charge in [0.05, 0.1) is 0 Å². The summed E-state index contributed by atoms with van der Waals surface area (Å²) in [5, 5.41) is 19.1. The topological polar surface area (TPSA) is 40.5 Å². The monoisotopic (exact) mass is 458 g/mol. The summed E-state index contributed by atoms with van der Waals surface area (Å²) in [4.78, 5) is 0. The highest BCUT2D eigenvalue weighted by Crippen LogP contribution is 2.53. The highest BCUT2D eigenvalue weighted by Gasteiger charge is 2.40. The van der Waals surface area contributed by atoms with Gasteiger partial charge in [-0.05, 0) is 81.6 Å². The van der Waals surface area contributed by atoms with Crippen molar-refractivity contribution in [2.24, 2.45) is 0 Å². The van der Waals surface area contributed by atoms with E-state index < -0.39 is 0 Å². The van der Waals surface area contributed by atoms with Crippen LogP contribution in [0.5, 0.6) is 11.5 Å². The van der Waals surface area contributed by atoms with Gasteiger partial charge in [-0.15, -0.1) is 0 Å². The van der Waals surface area contributed by atoms with Crippen molar-refractivity contribution in [2.75, 3.05) is 0 Å². The van der Waals surface area contributed by atoms with Crippen LogP contribution in [0.2, 0.25) is 0 Å². The van der Waals surface area contributed by atoms with Crippen molar-refractivity contribution in [3.05, 3.63) is 118 Å². The molecule has 35 heavy (non-hydrogen) atoms. The summed E-state index contributed by atoms with van der Waals surface area (Å²) in [7, 11) is 0. The molecule has 0 aromatic heterocycles. The number of hydrogen-bond acceptors (Lipinski definition) is 2. The normalized spacial score (nSPS) is 13.9. The lowest BCUT2D eigenvalue weighted by atomic mass is 9.73. The van der Waals surface area contributed by atoms with Crippen LogP contribution in [-0.2, 0) is 5.41 Å². The maximum absolute atomic E-state index is 9.53. The summed E-state index contributed by atoms with van der Waals surface area (Å²) < 4.78 is 0. The molecule has 1 aliphatic carbocycles. The molecule has 1 aliphatic rings. The number of rotatable bonds is 6. The predicted molar refractivity (Wildman–Crippen MR) is 147 cm³/mol. The Morgan fingerprint density at radius 2 is 0.857 bits per heavy atom. The number of fused-ring (bicyclic) bond motifs is 3. The second-order valence-corrected chi connectivity index (χ2v) is 9.25. The first-order chi connectivity index (χ1) is 17.0. The lowest BCUT2D eigenvalue weighted by Crippen LogP contribution is -2.23. The summed E-state index contributed by atoms with van der Waals surface area (Å²) >= 11 is 0. The third-order valence-electron chi connectivity index (χ3n) is 7.34. The van der Waals surface area contributed by atoms with Gasteiger partial charge in [-0.1, -0.05) is 98.8 Å². The van der Waals surface area contributed by atoms with Crippen LogP contribution in [-0.4, -0.2) is 10.2 Å². The van der Waals surface area contributed by atoms with Crippen LogP contribution < -0.4 is 0 Å². The predicted octanol–water partition coefficient (Wildman–Crippen LogP) is 8.53. The van der Waals surface area contributed by atoms with Gasteiger partial charge in [0.2, 0.25) is 0 Å². The highest BCUT2D eigenvalue weighted by atomic mass is 16.3. The van der Waals surface area contributed by atoms with Gasteiger partial charge in [0.15, 0.2) is 0 Å². The smallest absolute Gasteiger partial charge is 0.115 e. The largest absolute Gasteiger partial charge is 0.508 e. The van der Waals surface area contributed by atoms with E-state index >= 15 is 0 Å². The Hall–Kier alpha value is -4.04. The molecule has 2 N–H and O–H groups in total. The van der Waals surface area contributed by atoms with E-state index in [-0.39, 0.29) is 16.9 Å². The molecule has 0 saturated heterocycles. The van der Waals surface area contributed by atoms with Crippen molar-refractivity contribution in [1.29, 1.82) is 0 Å². The van der Waals surface area contributed by atoms with Crippen LogP contribution in [0.4, 0.5) is 0 Å². The van der Waals surface area contributed by atoms with E-state index in [0.717, 1.165) is 24.0 Å². The molecule has 5 rings (SSSR count). The van der Waals surface area contributed by atoms with E-state index in [0.29, 0.717) is 0 Å². The van der Waals surface area contributed by atoms with Gasteiger partial charge in [-0.3, -0.25) is 0 Å². The van der Waals surface area contributed by atoms with Crippen LogP contribution in [0, 0.1) is 0 Å². The molecule has 0 unspecified atom stereocenters. The van der Waals surface area contributed by atoms with Crippen LogP contribution in [0.25, 0.3) is 35.4 Å². The molecular weight excluding hydrogens is 428 g/mol. The number of aromatic hydroxyl groups is 2. The first kappa shape index (κ1) is 22.7. The van der Waals surface area contributed by atoms with Gasteiger partial charge in [0.25, 0.3) is 0 Å². The number of phenolic OH excluding ortho intramolecular Hbond substituents is 2. The van der Waals surface area contributed by atoms with Gasteiger partial charge in [0.1, 0.15) is 11.5 Å². The van der Waals surface area contributed by atoms with Crippen molar-refractivity contribution >= 4 is 24.3 Å². The Morgan fingerprint density at radius 1 is 0.514 bits per heavy atom. The zero-order chi connectivity index (χ0) is 24.4. The molecule has 0 saturated carbocycles. The third-order valence-corrected chi connectivity index (χ3v) is 7.34. The Bertz CT molecular complexity index is 1300. The molecule has 0 amide bonds. The highest BCUT2D eigenvalue weighted by molar-refractivity contribution is 5.85. The quantitative estimate of drug-likeness (QED) is 0.284. The Labute approximate surface area is 207 Å². The van der Waals surface area contributed by atoms with E-state index in [1.54, 1.807) is 24.3 Å². The van der Waals surface area contributed by atoms with E-state index in [4.69, 9.17) is 0 Å². The SMILES string of the molecule is CCC1(CC)c2cc(/C=C/c3ccc(O)cc3)ccc2-c2ccc(/C=C/c3ccc(O)cc3)cc21. The van der Waals surface area contributed by atoms with Gasteiger partial charge in [0, 0.05) is 5.41 Å². The molecule has 0 aliphatic heterocycles. The zero-order valence-electron chi connectivity index (χ0n) is 20.2. The first-order valence-corrected chi connectivity index (χ1v) is 12.3. The molecule has 0 heterocycles. The summed E-state index contributed by atoms with van der Waals surface area (Å²) in [5.74, 6) is 0.566. The standard InChI is InChI=1S/C33H30O2/c1-3-33(4-2)31-21-25(7-5-23-9-15-27(34)16-10-23)13-19-29(31)30-20-14-26(22-32(30)33)8-6-24-11-17-28(35)18-12-24/h5-22,34-35H,3-4H2,1-2H3/b7-5+,8-6+. The molecule has 4 aromatic rings. The van der Waals surface area contributed by atoms with Crippen LogP contribution in [0.15, 0.2) is 84.9 Å². The maximum atomic E-state index is 9.53. The number of hydrogen-bond donors (Lipinski definition) is 2. The van der Waals surface area contributed by atoms with Crippen LogP contribution in [0.1, 0.15) is 60.1 Å². The summed E-state index contributed by atoms with van der Waals surface area (Å²) in [6.07, 6.45) is 10.6. The van der Waals surface area contributed by atoms with Gasteiger partial charge in [-0.25, -0.2) is 0 Å². The minimum absolute atomic E-state index is 0.00452. The minimum Gasteiger partial charge on any atom is -0.508 e. The van der Waals surface area contributed by atoms with Gasteiger partial charge >= 0.3 is 0 Å². The second-order valence-electron chi connectivity index (χ2n) is 9.25. The fraction of sp³-hybridized carbons (Fsp3) is 0.152. The van der Waals surface area contributed by atoms with E-state index in [1.807, 2.05) is 24.3 Å². The molecule has 174 valence electrons. The Balaban J connectivity index is 1.50. The van der Waals surface area contributed by atoms with E-state index in [9.17, 15) is 10.2 Å². The molecule has 2 nitrogen and oxygen atoms in total. The lowest BCUT2D eigenvalue weighted by molar-refractivity contribution is 0.474. The lowest BCUT2D eigenvalue weighted by Gasteiger charge is -2.30. The number of benzene rings is 4. The second kappa shape index (κ2) is 9.31. The Morgan fingerprint density at radius 3 is 1.23 bits per heavy atom. The van der Waals surface area contributed by atoms with Crippen molar-refractivity contribution in [2.45, 2.75) is 32.1 Å². The molecule has 0 bridgehead atoms. The maximum Gasteiger partial charge on any atom is 0.115 e. The average Bonchev–Trinajstić information content (AvgIpc) is 3.16. The molecule has 4 aromatic carbocycles. The summed E-state index contributed by atoms with van der Waals surface area (Å²) in [5.41, 5.74) is 9.97. The van der Waals surface area contributed by atoms with Crippen molar-refractivity contribution in [1.82, 2.24) is 0 Å². The fourth-order valence-electron chi connectivity index (χ4n) is 5.31. The van der Waals surface area contributed by atoms with E-state index in [1.165, 1.54) is 33.4 Å². The molecule has 2 heteroatoms. The molecule has 0 atom stereocenters. The average molecular weight is 459 g/mol.